The van der Waals surface area contributed by atoms with Crippen LogP contribution >= 0.6 is 0 Å². The number of ether oxygens (including phenoxy) is 1. The Labute approximate surface area is 89.3 Å². The zero-order chi connectivity index (χ0) is 10.7. The van der Waals surface area contributed by atoms with E-state index in [1.54, 1.807) is 0 Å². The molecule has 1 N–H and O–H groups in total. The van der Waals surface area contributed by atoms with Gasteiger partial charge in [-0.25, -0.2) is 0 Å². The molecule has 0 amide bonds. The van der Waals surface area contributed by atoms with Crippen molar-refractivity contribution in [2.45, 2.75) is 6.92 Å². The topological polar surface area (TPSA) is 25.1 Å². The Morgan fingerprint density at radius 3 is 2.87 bits per heavy atom. The van der Waals surface area contributed by atoms with Crippen molar-refractivity contribution in [2.24, 2.45) is 0 Å². The van der Waals surface area contributed by atoms with Crippen LogP contribution in [0.1, 0.15) is 6.92 Å². The lowest BCUT2D eigenvalue weighted by Gasteiger charge is -2.04. The van der Waals surface area contributed by atoms with E-state index in [0.717, 1.165) is 16.7 Å². The van der Waals surface area contributed by atoms with Gasteiger partial charge in [0.1, 0.15) is 0 Å². The van der Waals surface area contributed by atoms with Gasteiger partial charge in [-0.2, -0.15) is 5.43 Å². The van der Waals surface area contributed by atoms with E-state index in [-0.39, 0.29) is 0 Å². The number of hydrogen-bond donors (Lipinski definition) is 1. The molecule has 0 saturated carbocycles. The Hall–Kier alpha value is -1.77. The van der Waals surface area contributed by atoms with E-state index >= 15 is 0 Å². The quantitative estimate of drug-likeness (QED) is 0.768. The van der Waals surface area contributed by atoms with Gasteiger partial charge in [0.05, 0.1) is 19.0 Å². The van der Waals surface area contributed by atoms with Gasteiger partial charge < -0.3 is 4.74 Å². The minimum Gasteiger partial charge on any atom is -0.488 e. The maximum absolute atomic E-state index is 5.50. The third-order valence-corrected chi connectivity index (χ3v) is 2.30. The summed E-state index contributed by atoms with van der Waals surface area (Å²) in [6, 6.07) is 10.2. The molecule has 1 heterocycles. The van der Waals surface area contributed by atoms with Crippen molar-refractivity contribution in [3.8, 4) is 5.75 Å². The number of nitrogens with zero attached hydrogens (tertiary/aromatic N) is 1. The number of fused-ring (bicyclic) bond motifs is 1. The normalized spacial score (nSPS) is 10.3. The van der Waals surface area contributed by atoms with Crippen molar-refractivity contribution in [1.29, 1.82) is 0 Å². The van der Waals surface area contributed by atoms with Crippen LogP contribution in [0, 0.1) is 0 Å². The first kappa shape index (κ1) is 9.77. The van der Waals surface area contributed by atoms with Gasteiger partial charge in [-0.05, 0) is 13.0 Å². The molecule has 1 aromatic heterocycles. The van der Waals surface area contributed by atoms with Crippen molar-refractivity contribution >= 4 is 10.9 Å². The standard InChI is InChI=1S/C12H15N2O/c1-3-15-11-8-10-6-4-5-7-12(10)14(9-11)13-2/h4-9,13H,3H2,1-2H3/q+1. The Balaban J connectivity index is 2.60. The molecule has 0 bridgehead atoms. The third-order valence-electron chi connectivity index (χ3n) is 2.30. The second kappa shape index (κ2) is 4.17. The molecule has 2 aromatic rings. The van der Waals surface area contributed by atoms with E-state index < -0.39 is 0 Å². The van der Waals surface area contributed by atoms with E-state index in [1.807, 2.05) is 43.0 Å². The number of hydrogen-bond acceptors (Lipinski definition) is 2. The van der Waals surface area contributed by atoms with Crippen LogP contribution in [0.2, 0.25) is 0 Å². The smallest absolute Gasteiger partial charge is 0.242 e. The molecule has 0 spiro atoms. The van der Waals surface area contributed by atoms with Gasteiger partial charge in [0.2, 0.25) is 11.7 Å². The van der Waals surface area contributed by atoms with E-state index in [0.29, 0.717) is 6.61 Å². The first-order chi connectivity index (χ1) is 7.35. The second-order valence-corrected chi connectivity index (χ2v) is 3.26. The van der Waals surface area contributed by atoms with E-state index in [9.17, 15) is 0 Å². The summed E-state index contributed by atoms with van der Waals surface area (Å²) >= 11 is 0. The van der Waals surface area contributed by atoms with Crippen LogP contribution in [0.4, 0.5) is 0 Å². The third kappa shape index (κ3) is 1.86. The van der Waals surface area contributed by atoms with Gasteiger partial charge in [-0.3, -0.25) is 0 Å². The Morgan fingerprint density at radius 2 is 2.13 bits per heavy atom. The van der Waals surface area contributed by atoms with Crippen molar-refractivity contribution in [3.05, 3.63) is 36.5 Å². The predicted octanol–water partition coefficient (Wildman–Crippen LogP) is 1.70. The molecule has 0 atom stereocenters. The highest BCUT2D eigenvalue weighted by molar-refractivity contribution is 5.76. The number of para-hydroxylation sites is 1. The van der Waals surface area contributed by atoms with Gasteiger partial charge in [0.15, 0.2) is 5.75 Å². The molecule has 0 aliphatic carbocycles. The summed E-state index contributed by atoms with van der Waals surface area (Å²) in [6.45, 7) is 2.67. The van der Waals surface area contributed by atoms with E-state index in [1.165, 1.54) is 0 Å². The van der Waals surface area contributed by atoms with Crippen LogP contribution in [-0.4, -0.2) is 13.7 Å². The SMILES string of the molecule is CCOc1cc2ccccc2[n+](NC)c1. The zero-order valence-electron chi connectivity index (χ0n) is 9.03. The van der Waals surface area contributed by atoms with Crippen molar-refractivity contribution in [1.82, 2.24) is 0 Å². The number of rotatable bonds is 3. The number of pyridine rings is 1. The fraction of sp³-hybridized carbons (Fsp3) is 0.250. The number of aromatic nitrogens is 1. The molecule has 0 aliphatic heterocycles. The van der Waals surface area contributed by atoms with Crippen LogP contribution in [0.3, 0.4) is 0 Å². The van der Waals surface area contributed by atoms with Gasteiger partial charge in [-0.1, -0.05) is 16.8 Å². The lowest BCUT2D eigenvalue weighted by Crippen LogP contribution is -2.43. The summed E-state index contributed by atoms with van der Waals surface area (Å²) in [7, 11) is 1.89. The highest BCUT2D eigenvalue weighted by Gasteiger charge is 2.09. The molecular weight excluding hydrogens is 188 g/mol. The summed E-state index contributed by atoms with van der Waals surface area (Å²) < 4.78 is 7.45. The summed E-state index contributed by atoms with van der Waals surface area (Å²) in [5, 5.41) is 1.16. The number of benzene rings is 1. The van der Waals surface area contributed by atoms with Crippen LogP contribution < -0.4 is 14.8 Å². The highest BCUT2D eigenvalue weighted by Crippen LogP contribution is 2.16. The average Bonchev–Trinajstić information content (AvgIpc) is 2.28. The summed E-state index contributed by atoms with van der Waals surface area (Å²) in [5.74, 6) is 0.880. The van der Waals surface area contributed by atoms with E-state index in [4.69, 9.17) is 4.74 Å². The van der Waals surface area contributed by atoms with Crippen LogP contribution in [-0.2, 0) is 0 Å². The monoisotopic (exact) mass is 203 g/mol. The van der Waals surface area contributed by atoms with Crippen LogP contribution in [0.15, 0.2) is 36.5 Å². The second-order valence-electron chi connectivity index (χ2n) is 3.26. The van der Waals surface area contributed by atoms with Gasteiger partial charge in [0.25, 0.3) is 0 Å². The fourth-order valence-electron chi connectivity index (χ4n) is 1.65. The van der Waals surface area contributed by atoms with Gasteiger partial charge >= 0.3 is 0 Å². The molecule has 0 aliphatic rings. The maximum Gasteiger partial charge on any atom is 0.242 e. The van der Waals surface area contributed by atoms with Gasteiger partial charge in [0, 0.05) is 12.1 Å². The lowest BCUT2D eigenvalue weighted by molar-refractivity contribution is -0.620. The Bertz CT molecular complexity index is 468. The molecule has 15 heavy (non-hydrogen) atoms. The highest BCUT2D eigenvalue weighted by atomic mass is 16.5. The summed E-state index contributed by atoms with van der Waals surface area (Å²) in [4.78, 5) is 0. The van der Waals surface area contributed by atoms with Crippen LogP contribution in [0.5, 0.6) is 5.75 Å². The molecular formula is C12H15N2O+. The molecule has 1 aromatic carbocycles. The molecule has 78 valence electrons. The average molecular weight is 203 g/mol. The summed E-state index contributed by atoms with van der Waals surface area (Å²) in [5.41, 5.74) is 4.25. The zero-order valence-corrected chi connectivity index (χ0v) is 9.03. The predicted molar refractivity (Wildman–Crippen MR) is 60.6 cm³/mol. The minimum atomic E-state index is 0.683. The fourth-order valence-corrected chi connectivity index (χ4v) is 1.65. The molecule has 0 saturated heterocycles. The molecule has 3 nitrogen and oxygen atoms in total. The van der Waals surface area contributed by atoms with Crippen LogP contribution in [0.25, 0.3) is 10.9 Å². The van der Waals surface area contributed by atoms with Gasteiger partial charge in [-0.15, -0.1) is 0 Å². The van der Waals surface area contributed by atoms with Crippen molar-refractivity contribution in [3.63, 3.8) is 0 Å². The minimum absolute atomic E-state index is 0.683. The van der Waals surface area contributed by atoms with E-state index in [2.05, 4.69) is 17.6 Å². The largest absolute Gasteiger partial charge is 0.488 e. The lowest BCUT2D eigenvalue weighted by atomic mass is 10.2. The molecule has 3 heteroatoms. The maximum atomic E-state index is 5.50. The molecule has 0 unspecified atom stereocenters. The molecule has 0 fully saturated rings. The Kier molecular flexibility index (Phi) is 2.72. The summed E-state index contributed by atoms with van der Waals surface area (Å²) in [6.07, 6.45) is 1.95. The first-order valence-electron chi connectivity index (χ1n) is 5.10. The molecule has 0 radical (unpaired) electrons. The Morgan fingerprint density at radius 1 is 1.33 bits per heavy atom. The first-order valence-corrected chi connectivity index (χ1v) is 5.10. The van der Waals surface area contributed by atoms with Crippen molar-refractivity contribution in [2.75, 3.05) is 19.1 Å². The van der Waals surface area contributed by atoms with Crippen molar-refractivity contribution < 1.29 is 9.41 Å². The molecule has 2 rings (SSSR count). The number of nitrogens with one attached hydrogen (secondary N) is 1.